The molecule has 0 radical (unpaired) electrons. The van der Waals surface area contributed by atoms with E-state index < -0.39 is 0 Å². The normalized spacial score (nSPS) is 27.3. The standard InChI is InChI=1S/C12H17NO/c1-3-11-12(14-11)9(2)8-10-6-4-5-7-13-10/h4-7,9,11-12H,3,8H2,1-2H3. The highest BCUT2D eigenvalue weighted by atomic mass is 16.6. The van der Waals surface area contributed by atoms with Crippen LogP contribution in [0.15, 0.2) is 24.4 Å². The van der Waals surface area contributed by atoms with Gasteiger partial charge in [-0.2, -0.15) is 0 Å². The van der Waals surface area contributed by atoms with Gasteiger partial charge in [-0.25, -0.2) is 0 Å². The summed E-state index contributed by atoms with van der Waals surface area (Å²) in [5.41, 5.74) is 1.17. The van der Waals surface area contributed by atoms with E-state index in [9.17, 15) is 0 Å². The van der Waals surface area contributed by atoms with Crippen molar-refractivity contribution in [3.63, 3.8) is 0 Å². The van der Waals surface area contributed by atoms with Gasteiger partial charge in [0.2, 0.25) is 0 Å². The van der Waals surface area contributed by atoms with Crippen LogP contribution in [0.3, 0.4) is 0 Å². The molecule has 0 saturated carbocycles. The second-order valence-electron chi connectivity index (χ2n) is 4.05. The van der Waals surface area contributed by atoms with Crippen LogP contribution in [-0.2, 0) is 11.2 Å². The highest BCUT2D eigenvalue weighted by Crippen LogP contribution is 2.33. The number of nitrogens with zero attached hydrogens (tertiary/aromatic N) is 1. The van der Waals surface area contributed by atoms with Gasteiger partial charge in [-0.15, -0.1) is 0 Å². The van der Waals surface area contributed by atoms with Gasteiger partial charge in [0.15, 0.2) is 0 Å². The average molecular weight is 191 g/mol. The molecule has 2 heteroatoms. The summed E-state index contributed by atoms with van der Waals surface area (Å²) in [6, 6.07) is 6.08. The topological polar surface area (TPSA) is 25.4 Å². The summed E-state index contributed by atoms with van der Waals surface area (Å²) in [4.78, 5) is 4.32. The van der Waals surface area contributed by atoms with Crippen molar-refractivity contribution in [2.75, 3.05) is 0 Å². The Bertz CT molecular complexity index is 286. The fraction of sp³-hybridized carbons (Fsp3) is 0.583. The lowest BCUT2D eigenvalue weighted by Gasteiger charge is -2.06. The van der Waals surface area contributed by atoms with Gasteiger partial charge in [-0.05, 0) is 30.9 Å². The first-order valence-electron chi connectivity index (χ1n) is 5.36. The minimum Gasteiger partial charge on any atom is -0.369 e. The number of pyridine rings is 1. The van der Waals surface area contributed by atoms with Crippen molar-refractivity contribution in [1.82, 2.24) is 4.98 Å². The zero-order chi connectivity index (χ0) is 9.97. The van der Waals surface area contributed by atoms with Crippen molar-refractivity contribution in [3.8, 4) is 0 Å². The van der Waals surface area contributed by atoms with E-state index in [1.54, 1.807) is 0 Å². The van der Waals surface area contributed by atoms with Gasteiger partial charge < -0.3 is 4.74 Å². The van der Waals surface area contributed by atoms with Gasteiger partial charge >= 0.3 is 0 Å². The molecular weight excluding hydrogens is 174 g/mol. The fourth-order valence-corrected chi connectivity index (χ4v) is 1.95. The van der Waals surface area contributed by atoms with Crippen molar-refractivity contribution in [2.24, 2.45) is 5.92 Å². The second kappa shape index (κ2) is 4.09. The zero-order valence-corrected chi connectivity index (χ0v) is 8.81. The molecule has 2 heterocycles. The highest BCUT2D eigenvalue weighted by molar-refractivity contribution is 5.05. The molecule has 3 unspecified atom stereocenters. The van der Waals surface area contributed by atoms with Crippen molar-refractivity contribution < 1.29 is 4.74 Å². The SMILES string of the molecule is CCC1OC1C(C)Cc1ccccn1. The van der Waals surface area contributed by atoms with Crippen LogP contribution in [0.4, 0.5) is 0 Å². The maximum atomic E-state index is 5.57. The molecule has 1 fully saturated rings. The van der Waals surface area contributed by atoms with E-state index in [4.69, 9.17) is 4.74 Å². The number of rotatable bonds is 4. The minimum atomic E-state index is 0.474. The Morgan fingerprint density at radius 1 is 1.50 bits per heavy atom. The Labute approximate surface area is 85.3 Å². The fourth-order valence-electron chi connectivity index (χ4n) is 1.95. The number of aromatic nitrogens is 1. The largest absolute Gasteiger partial charge is 0.369 e. The summed E-state index contributed by atoms with van der Waals surface area (Å²) in [7, 11) is 0. The first-order chi connectivity index (χ1) is 6.81. The van der Waals surface area contributed by atoms with E-state index in [2.05, 4.69) is 24.9 Å². The van der Waals surface area contributed by atoms with Gasteiger partial charge in [0.25, 0.3) is 0 Å². The third kappa shape index (κ3) is 2.13. The predicted molar refractivity (Wildman–Crippen MR) is 56.1 cm³/mol. The second-order valence-corrected chi connectivity index (χ2v) is 4.05. The Morgan fingerprint density at radius 3 is 2.93 bits per heavy atom. The summed E-state index contributed by atoms with van der Waals surface area (Å²) in [5.74, 6) is 0.592. The number of ether oxygens (including phenoxy) is 1. The molecule has 14 heavy (non-hydrogen) atoms. The molecule has 1 aliphatic rings. The maximum absolute atomic E-state index is 5.57. The van der Waals surface area contributed by atoms with Crippen LogP contribution in [0.25, 0.3) is 0 Å². The van der Waals surface area contributed by atoms with Gasteiger partial charge in [0.05, 0.1) is 12.2 Å². The van der Waals surface area contributed by atoms with Crippen molar-refractivity contribution in [2.45, 2.75) is 38.9 Å². The molecule has 0 aliphatic carbocycles. The van der Waals surface area contributed by atoms with E-state index in [1.165, 1.54) is 5.69 Å². The molecule has 3 atom stereocenters. The number of hydrogen-bond donors (Lipinski definition) is 0. The Hall–Kier alpha value is -0.890. The highest BCUT2D eigenvalue weighted by Gasteiger charge is 2.41. The van der Waals surface area contributed by atoms with Crippen LogP contribution in [0.1, 0.15) is 26.0 Å². The first kappa shape index (κ1) is 9.66. The quantitative estimate of drug-likeness (QED) is 0.683. The van der Waals surface area contributed by atoms with Crippen LogP contribution in [0, 0.1) is 5.92 Å². The monoisotopic (exact) mass is 191 g/mol. The minimum absolute atomic E-state index is 0.474. The van der Waals surface area contributed by atoms with Crippen LogP contribution in [0.5, 0.6) is 0 Å². The van der Waals surface area contributed by atoms with E-state index in [0.717, 1.165) is 12.8 Å². The Kier molecular flexibility index (Phi) is 2.82. The van der Waals surface area contributed by atoms with E-state index in [1.807, 2.05) is 18.3 Å². The summed E-state index contributed by atoms with van der Waals surface area (Å²) < 4.78 is 5.57. The van der Waals surface area contributed by atoms with Crippen LogP contribution in [-0.4, -0.2) is 17.2 Å². The predicted octanol–water partition coefficient (Wildman–Crippen LogP) is 2.44. The van der Waals surface area contributed by atoms with Crippen LogP contribution < -0.4 is 0 Å². The third-order valence-electron chi connectivity index (χ3n) is 2.84. The molecule has 1 aromatic rings. The summed E-state index contributed by atoms with van der Waals surface area (Å²) in [6.45, 7) is 4.42. The number of epoxide rings is 1. The van der Waals surface area contributed by atoms with E-state index in [-0.39, 0.29) is 0 Å². The lowest BCUT2D eigenvalue weighted by molar-refractivity contribution is 0.321. The van der Waals surface area contributed by atoms with Crippen molar-refractivity contribution >= 4 is 0 Å². The number of hydrogen-bond acceptors (Lipinski definition) is 2. The Morgan fingerprint density at radius 2 is 2.36 bits per heavy atom. The lowest BCUT2D eigenvalue weighted by atomic mass is 9.98. The maximum Gasteiger partial charge on any atom is 0.0870 e. The summed E-state index contributed by atoms with van der Waals surface area (Å²) in [6.07, 6.45) is 5.00. The van der Waals surface area contributed by atoms with Gasteiger partial charge in [0.1, 0.15) is 0 Å². The third-order valence-corrected chi connectivity index (χ3v) is 2.84. The molecule has 0 N–H and O–H groups in total. The zero-order valence-electron chi connectivity index (χ0n) is 8.81. The van der Waals surface area contributed by atoms with Gasteiger partial charge in [-0.3, -0.25) is 4.98 Å². The van der Waals surface area contributed by atoms with Crippen LogP contribution in [0.2, 0.25) is 0 Å². The molecule has 2 rings (SSSR count). The van der Waals surface area contributed by atoms with Crippen LogP contribution >= 0.6 is 0 Å². The van der Waals surface area contributed by atoms with Gasteiger partial charge in [0, 0.05) is 11.9 Å². The Balaban J connectivity index is 1.87. The molecule has 0 bridgehead atoms. The lowest BCUT2D eigenvalue weighted by Crippen LogP contribution is -2.10. The summed E-state index contributed by atoms with van der Waals surface area (Å²) >= 11 is 0. The smallest absolute Gasteiger partial charge is 0.0870 e. The van der Waals surface area contributed by atoms with Gasteiger partial charge in [-0.1, -0.05) is 19.9 Å². The molecule has 1 aromatic heterocycles. The molecule has 76 valence electrons. The molecule has 0 spiro atoms. The molecule has 2 nitrogen and oxygen atoms in total. The average Bonchev–Trinajstić information content (AvgIpc) is 2.98. The molecule has 0 amide bonds. The van der Waals surface area contributed by atoms with E-state index in [0.29, 0.717) is 18.1 Å². The van der Waals surface area contributed by atoms with Crippen molar-refractivity contribution in [1.29, 1.82) is 0 Å². The molecule has 1 aliphatic heterocycles. The first-order valence-corrected chi connectivity index (χ1v) is 5.36. The van der Waals surface area contributed by atoms with E-state index >= 15 is 0 Å². The summed E-state index contributed by atoms with van der Waals surface area (Å²) in [5, 5.41) is 0. The molecular formula is C12H17NO. The van der Waals surface area contributed by atoms with Crippen molar-refractivity contribution in [3.05, 3.63) is 30.1 Å². The molecule has 0 aromatic carbocycles. The molecule has 1 saturated heterocycles.